The van der Waals surface area contributed by atoms with Gasteiger partial charge < -0.3 is 10.1 Å². The summed E-state index contributed by atoms with van der Waals surface area (Å²) in [4.78, 5) is 25.2. The van der Waals surface area contributed by atoms with Gasteiger partial charge in [-0.1, -0.05) is 12.1 Å². The number of Topliss-reactive ketones (excluding diaryl/α,β-unsaturated/α-hetero) is 1. The summed E-state index contributed by atoms with van der Waals surface area (Å²) in [6, 6.07) is 14.6. The third-order valence-electron chi connectivity index (χ3n) is 3.45. The Morgan fingerprint density at radius 3 is 2.42 bits per heavy atom. The number of ether oxygens (including phenoxy) is 1. The van der Waals surface area contributed by atoms with Crippen LogP contribution in [0.3, 0.4) is 0 Å². The van der Waals surface area contributed by atoms with E-state index < -0.39 is 0 Å². The SMILES string of the molecule is CCOc1ccc(C(=O)CCC(=O)Nc2ccccc2SC)cc1. The Hall–Kier alpha value is -2.27. The summed E-state index contributed by atoms with van der Waals surface area (Å²) in [7, 11) is 0. The number of nitrogens with one attached hydrogen (secondary N) is 1. The molecule has 0 bridgehead atoms. The van der Waals surface area contributed by atoms with Crippen LogP contribution in [0.5, 0.6) is 5.75 Å². The Morgan fingerprint density at radius 1 is 1.04 bits per heavy atom. The first-order chi connectivity index (χ1) is 11.6. The van der Waals surface area contributed by atoms with Gasteiger partial charge >= 0.3 is 0 Å². The minimum Gasteiger partial charge on any atom is -0.494 e. The molecule has 0 radical (unpaired) electrons. The zero-order valence-electron chi connectivity index (χ0n) is 13.9. The summed E-state index contributed by atoms with van der Waals surface area (Å²) >= 11 is 1.57. The van der Waals surface area contributed by atoms with E-state index in [0.717, 1.165) is 16.3 Å². The fraction of sp³-hybridized carbons (Fsp3) is 0.263. The molecular weight excluding hydrogens is 322 g/mol. The average molecular weight is 343 g/mol. The second-order valence-electron chi connectivity index (χ2n) is 5.13. The highest BCUT2D eigenvalue weighted by molar-refractivity contribution is 7.98. The fourth-order valence-corrected chi connectivity index (χ4v) is 2.79. The molecule has 0 saturated heterocycles. The maximum Gasteiger partial charge on any atom is 0.224 e. The minimum absolute atomic E-state index is 0.0497. The molecule has 0 fully saturated rings. The number of para-hydroxylation sites is 1. The number of thioether (sulfide) groups is 1. The number of hydrogen-bond donors (Lipinski definition) is 1. The lowest BCUT2D eigenvalue weighted by Crippen LogP contribution is -2.14. The van der Waals surface area contributed by atoms with Crippen molar-refractivity contribution in [2.24, 2.45) is 0 Å². The first kappa shape index (κ1) is 18.1. The molecule has 2 aromatic rings. The van der Waals surface area contributed by atoms with E-state index in [1.165, 1.54) is 0 Å². The number of anilines is 1. The second kappa shape index (κ2) is 9.13. The van der Waals surface area contributed by atoms with Crippen molar-refractivity contribution in [1.29, 1.82) is 0 Å². The third kappa shape index (κ3) is 5.13. The van der Waals surface area contributed by atoms with Crippen LogP contribution in [0, 0.1) is 0 Å². The molecule has 1 amide bonds. The highest BCUT2D eigenvalue weighted by Gasteiger charge is 2.11. The van der Waals surface area contributed by atoms with E-state index in [4.69, 9.17) is 4.74 Å². The van der Waals surface area contributed by atoms with E-state index in [9.17, 15) is 9.59 Å². The number of rotatable bonds is 8. The van der Waals surface area contributed by atoms with Crippen molar-refractivity contribution in [2.75, 3.05) is 18.2 Å². The van der Waals surface area contributed by atoms with E-state index in [-0.39, 0.29) is 24.5 Å². The Morgan fingerprint density at radius 2 is 1.75 bits per heavy atom. The van der Waals surface area contributed by atoms with Crippen LogP contribution in [0.4, 0.5) is 5.69 Å². The lowest BCUT2D eigenvalue weighted by molar-refractivity contribution is -0.116. The monoisotopic (exact) mass is 343 g/mol. The van der Waals surface area contributed by atoms with E-state index >= 15 is 0 Å². The maximum atomic E-state index is 12.2. The van der Waals surface area contributed by atoms with Gasteiger partial charge in [0.15, 0.2) is 5.78 Å². The summed E-state index contributed by atoms with van der Waals surface area (Å²) in [5.41, 5.74) is 1.37. The number of hydrogen-bond acceptors (Lipinski definition) is 4. The van der Waals surface area contributed by atoms with Gasteiger partial charge in [0.2, 0.25) is 5.91 Å². The summed E-state index contributed by atoms with van der Waals surface area (Å²) in [5, 5.41) is 2.86. The van der Waals surface area contributed by atoms with Crippen LogP contribution >= 0.6 is 11.8 Å². The molecule has 1 N–H and O–H groups in total. The molecule has 0 aliphatic rings. The van der Waals surface area contributed by atoms with E-state index in [0.29, 0.717) is 12.2 Å². The van der Waals surface area contributed by atoms with Crippen molar-refractivity contribution in [3.63, 3.8) is 0 Å². The van der Waals surface area contributed by atoms with Crippen molar-refractivity contribution in [3.05, 3.63) is 54.1 Å². The highest BCUT2D eigenvalue weighted by Crippen LogP contribution is 2.24. The van der Waals surface area contributed by atoms with Crippen LogP contribution < -0.4 is 10.1 Å². The number of benzene rings is 2. The van der Waals surface area contributed by atoms with Crippen LogP contribution in [0.1, 0.15) is 30.1 Å². The van der Waals surface area contributed by atoms with Gasteiger partial charge in [-0.3, -0.25) is 9.59 Å². The highest BCUT2D eigenvalue weighted by atomic mass is 32.2. The van der Waals surface area contributed by atoms with E-state index in [2.05, 4.69) is 5.32 Å². The molecule has 0 aromatic heterocycles. The maximum absolute atomic E-state index is 12.2. The number of carbonyl (C=O) groups is 2. The predicted molar refractivity (Wildman–Crippen MR) is 98.0 cm³/mol. The van der Waals surface area contributed by atoms with Gasteiger partial charge in [0.1, 0.15) is 5.75 Å². The predicted octanol–water partition coefficient (Wildman–Crippen LogP) is 4.41. The molecule has 0 atom stereocenters. The Bertz CT molecular complexity index is 698. The van der Waals surface area contributed by atoms with Gasteiger partial charge in [-0.2, -0.15) is 0 Å². The minimum atomic E-state index is -0.157. The molecule has 0 unspecified atom stereocenters. The molecule has 126 valence electrons. The van der Waals surface area contributed by atoms with Crippen LogP contribution in [-0.2, 0) is 4.79 Å². The first-order valence-corrected chi connectivity index (χ1v) is 9.05. The topological polar surface area (TPSA) is 55.4 Å². The van der Waals surface area contributed by atoms with Gasteiger partial charge in [0.25, 0.3) is 0 Å². The number of amides is 1. The van der Waals surface area contributed by atoms with Gasteiger partial charge in [0.05, 0.1) is 12.3 Å². The van der Waals surface area contributed by atoms with Gasteiger partial charge in [-0.25, -0.2) is 0 Å². The largest absolute Gasteiger partial charge is 0.494 e. The zero-order chi connectivity index (χ0) is 17.4. The van der Waals surface area contributed by atoms with E-state index in [1.807, 2.05) is 37.4 Å². The van der Waals surface area contributed by atoms with Crippen LogP contribution in [0.15, 0.2) is 53.4 Å². The summed E-state index contributed by atoms with van der Waals surface area (Å²) in [5.74, 6) is 0.530. The standard InChI is InChI=1S/C19H21NO3S/c1-3-23-15-10-8-14(9-11-15)17(21)12-13-19(22)20-16-6-4-5-7-18(16)24-2/h4-11H,3,12-13H2,1-2H3,(H,20,22). The number of ketones is 1. The van der Waals surface area contributed by atoms with Gasteiger partial charge in [-0.05, 0) is 49.6 Å². The lowest BCUT2D eigenvalue weighted by Gasteiger charge is -2.09. The molecular formula is C19H21NO3S. The normalized spacial score (nSPS) is 10.2. The molecule has 2 aromatic carbocycles. The smallest absolute Gasteiger partial charge is 0.224 e. The Kier molecular flexibility index (Phi) is 6.88. The van der Waals surface area contributed by atoms with Crippen LogP contribution in [0.25, 0.3) is 0 Å². The second-order valence-corrected chi connectivity index (χ2v) is 5.98. The first-order valence-electron chi connectivity index (χ1n) is 7.83. The van der Waals surface area contributed by atoms with E-state index in [1.54, 1.807) is 36.0 Å². The van der Waals surface area contributed by atoms with Crippen LogP contribution in [-0.4, -0.2) is 24.6 Å². The Balaban J connectivity index is 1.87. The van der Waals surface area contributed by atoms with Gasteiger partial charge in [-0.15, -0.1) is 11.8 Å². The molecule has 5 heteroatoms. The van der Waals surface area contributed by atoms with Crippen molar-refractivity contribution < 1.29 is 14.3 Å². The molecule has 0 spiro atoms. The summed E-state index contributed by atoms with van der Waals surface area (Å²) < 4.78 is 5.35. The van der Waals surface area contributed by atoms with Crippen molar-refractivity contribution in [1.82, 2.24) is 0 Å². The van der Waals surface area contributed by atoms with Crippen molar-refractivity contribution in [3.8, 4) is 5.75 Å². The van der Waals surface area contributed by atoms with Crippen molar-refractivity contribution >= 4 is 29.1 Å². The molecule has 2 rings (SSSR count). The molecule has 0 saturated carbocycles. The molecule has 0 aliphatic heterocycles. The molecule has 0 heterocycles. The zero-order valence-corrected chi connectivity index (χ0v) is 14.7. The van der Waals surface area contributed by atoms with Crippen molar-refractivity contribution in [2.45, 2.75) is 24.7 Å². The summed E-state index contributed by atoms with van der Waals surface area (Å²) in [6.07, 6.45) is 2.30. The Labute approximate surface area is 146 Å². The molecule has 0 aliphatic carbocycles. The van der Waals surface area contributed by atoms with Gasteiger partial charge in [0, 0.05) is 23.3 Å². The summed E-state index contributed by atoms with van der Waals surface area (Å²) in [6.45, 7) is 2.50. The lowest BCUT2D eigenvalue weighted by atomic mass is 10.1. The van der Waals surface area contributed by atoms with Crippen LogP contribution in [0.2, 0.25) is 0 Å². The third-order valence-corrected chi connectivity index (χ3v) is 4.24. The quantitative estimate of drug-likeness (QED) is 0.570. The molecule has 4 nitrogen and oxygen atoms in total. The number of carbonyl (C=O) groups excluding carboxylic acids is 2. The molecule has 24 heavy (non-hydrogen) atoms. The fourth-order valence-electron chi connectivity index (χ4n) is 2.24. The average Bonchev–Trinajstić information content (AvgIpc) is 2.61.